The third-order valence-electron chi connectivity index (χ3n) is 4.42. The van der Waals surface area contributed by atoms with E-state index in [1.807, 2.05) is 43.3 Å². The first kappa shape index (κ1) is 20.8. The van der Waals surface area contributed by atoms with Gasteiger partial charge in [0.05, 0.1) is 20.3 Å². The van der Waals surface area contributed by atoms with Crippen molar-refractivity contribution in [1.29, 1.82) is 0 Å². The first-order valence-corrected chi connectivity index (χ1v) is 10.9. The third kappa shape index (κ3) is 4.47. The summed E-state index contributed by atoms with van der Waals surface area (Å²) in [5.41, 5.74) is 4.18. The zero-order valence-corrected chi connectivity index (χ0v) is 18.8. The molecule has 3 aromatic carbocycles. The molecule has 4 rings (SSSR count). The van der Waals surface area contributed by atoms with Crippen molar-refractivity contribution < 1.29 is 4.79 Å². The minimum absolute atomic E-state index is 0.196. The second kappa shape index (κ2) is 8.70. The number of nitrogens with one attached hydrogen (secondary N) is 2. The molecule has 0 aliphatic carbocycles. The second-order valence-electron chi connectivity index (χ2n) is 6.55. The Morgan fingerprint density at radius 2 is 1.83 bits per heavy atom. The van der Waals surface area contributed by atoms with Crippen LogP contribution >= 0.6 is 46.8 Å². The average Bonchev–Trinajstić information content (AvgIpc) is 3.15. The lowest BCUT2D eigenvalue weighted by Crippen LogP contribution is -2.34. The predicted molar refractivity (Wildman–Crippen MR) is 130 cm³/mol. The van der Waals surface area contributed by atoms with Crippen molar-refractivity contribution in [1.82, 2.24) is 10.3 Å². The van der Waals surface area contributed by atoms with Crippen LogP contribution in [0.1, 0.15) is 15.9 Å². The highest BCUT2D eigenvalue weighted by Crippen LogP contribution is 2.32. The normalized spacial score (nSPS) is 10.8. The number of aryl methyl sites for hydroxylation is 1. The van der Waals surface area contributed by atoms with Crippen molar-refractivity contribution in [2.24, 2.45) is 0 Å². The largest absolute Gasteiger partial charge is 0.332 e. The van der Waals surface area contributed by atoms with Crippen molar-refractivity contribution in [3.63, 3.8) is 0 Å². The molecule has 1 aromatic heterocycles. The highest BCUT2D eigenvalue weighted by molar-refractivity contribution is 7.80. The first-order valence-electron chi connectivity index (χ1n) is 8.95. The molecule has 4 aromatic rings. The molecule has 0 aliphatic rings. The molecule has 1 amide bonds. The quantitative estimate of drug-likeness (QED) is 0.326. The average molecular weight is 472 g/mol. The SMILES string of the molecule is Cc1cc(-c2nc3ccccc3s2)ccc1NC(=S)NC(=O)c1ccc(Cl)c(Cl)c1. The maximum atomic E-state index is 12.4. The van der Waals surface area contributed by atoms with E-state index in [0.717, 1.165) is 32.0 Å². The molecule has 2 N–H and O–H groups in total. The highest BCUT2D eigenvalue weighted by atomic mass is 35.5. The second-order valence-corrected chi connectivity index (χ2v) is 8.81. The number of halogens is 2. The molecular formula is C22H15Cl2N3OS2. The monoisotopic (exact) mass is 471 g/mol. The minimum Gasteiger partial charge on any atom is -0.332 e. The molecular weight excluding hydrogens is 457 g/mol. The van der Waals surface area contributed by atoms with Gasteiger partial charge in [-0.05, 0) is 73.2 Å². The van der Waals surface area contributed by atoms with Gasteiger partial charge in [0.15, 0.2) is 5.11 Å². The van der Waals surface area contributed by atoms with Gasteiger partial charge in [-0.1, -0.05) is 35.3 Å². The van der Waals surface area contributed by atoms with E-state index in [9.17, 15) is 4.79 Å². The number of thiazole rings is 1. The topological polar surface area (TPSA) is 54.0 Å². The van der Waals surface area contributed by atoms with Crippen LogP contribution in [0.5, 0.6) is 0 Å². The van der Waals surface area contributed by atoms with E-state index >= 15 is 0 Å². The van der Waals surface area contributed by atoms with Gasteiger partial charge in [0.2, 0.25) is 0 Å². The number of amides is 1. The van der Waals surface area contributed by atoms with Crippen molar-refractivity contribution in [3.05, 3.63) is 81.8 Å². The van der Waals surface area contributed by atoms with Crippen LogP contribution in [-0.4, -0.2) is 16.0 Å². The van der Waals surface area contributed by atoms with E-state index in [2.05, 4.69) is 16.7 Å². The van der Waals surface area contributed by atoms with Crippen molar-refractivity contribution in [2.75, 3.05) is 5.32 Å². The molecule has 0 spiro atoms. The molecule has 0 fully saturated rings. The third-order valence-corrected chi connectivity index (χ3v) is 6.45. The molecule has 8 heteroatoms. The molecule has 0 radical (unpaired) electrons. The number of aromatic nitrogens is 1. The van der Waals surface area contributed by atoms with Crippen molar-refractivity contribution in [2.45, 2.75) is 6.92 Å². The number of rotatable bonds is 3. The molecule has 0 bridgehead atoms. The van der Waals surface area contributed by atoms with Gasteiger partial charge in [-0.15, -0.1) is 11.3 Å². The summed E-state index contributed by atoms with van der Waals surface area (Å²) in [7, 11) is 0. The van der Waals surface area contributed by atoms with Crippen molar-refractivity contribution in [3.8, 4) is 10.6 Å². The minimum atomic E-state index is -0.366. The predicted octanol–water partition coefficient (Wildman–Crippen LogP) is 6.71. The summed E-state index contributed by atoms with van der Waals surface area (Å²) < 4.78 is 1.15. The number of fused-ring (bicyclic) bond motifs is 1. The van der Waals surface area contributed by atoms with Gasteiger partial charge in [0.25, 0.3) is 5.91 Å². The van der Waals surface area contributed by atoms with Gasteiger partial charge in [-0.3, -0.25) is 10.1 Å². The molecule has 4 nitrogen and oxygen atoms in total. The summed E-state index contributed by atoms with van der Waals surface area (Å²) in [6.45, 7) is 1.97. The number of para-hydroxylation sites is 1. The standard InChI is InChI=1S/C22H15Cl2N3OS2/c1-12-10-14(21-25-18-4-2-3-5-19(18)30-21)7-9-17(12)26-22(29)27-20(28)13-6-8-15(23)16(24)11-13/h2-11H,1H3,(H2,26,27,28,29). The van der Waals surface area contributed by atoms with E-state index in [4.69, 9.17) is 40.4 Å². The first-order chi connectivity index (χ1) is 14.4. The maximum Gasteiger partial charge on any atom is 0.257 e. The summed E-state index contributed by atoms with van der Waals surface area (Å²) in [4.78, 5) is 17.1. The van der Waals surface area contributed by atoms with Crippen LogP contribution in [0, 0.1) is 6.92 Å². The van der Waals surface area contributed by atoms with E-state index in [0.29, 0.717) is 15.6 Å². The zero-order valence-electron chi connectivity index (χ0n) is 15.7. The lowest BCUT2D eigenvalue weighted by atomic mass is 10.1. The van der Waals surface area contributed by atoms with Gasteiger partial charge in [-0.2, -0.15) is 0 Å². The van der Waals surface area contributed by atoms with Crippen LogP contribution in [0.4, 0.5) is 5.69 Å². The fourth-order valence-corrected chi connectivity index (χ4v) is 4.36. The number of benzene rings is 3. The van der Waals surface area contributed by atoms with E-state index < -0.39 is 0 Å². The smallest absolute Gasteiger partial charge is 0.257 e. The number of thiocarbonyl (C=S) groups is 1. The highest BCUT2D eigenvalue weighted by Gasteiger charge is 2.12. The Labute approximate surface area is 192 Å². The molecule has 1 heterocycles. The molecule has 0 saturated heterocycles. The molecule has 0 atom stereocenters. The molecule has 150 valence electrons. The van der Waals surface area contributed by atoms with Crippen LogP contribution in [-0.2, 0) is 0 Å². The summed E-state index contributed by atoms with van der Waals surface area (Å²) in [6, 6.07) is 18.7. The van der Waals surface area contributed by atoms with Crippen LogP contribution in [0.2, 0.25) is 10.0 Å². The molecule has 0 saturated carbocycles. The lowest BCUT2D eigenvalue weighted by Gasteiger charge is -2.13. The zero-order chi connectivity index (χ0) is 21.3. The van der Waals surface area contributed by atoms with E-state index in [-0.39, 0.29) is 11.0 Å². The Kier molecular flexibility index (Phi) is 6.01. The number of hydrogen-bond acceptors (Lipinski definition) is 4. The Hall–Kier alpha value is -2.51. The lowest BCUT2D eigenvalue weighted by molar-refractivity contribution is 0.0977. The Balaban J connectivity index is 1.47. The van der Waals surface area contributed by atoms with Gasteiger partial charge in [0, 0.05) is 16.8 Å². The van der Waals surface area contributed by atoms with Crippen LogP contribution in [0.3, 0.4) is 0 Å². The van der Waals surface area contributed by atoms with Crippen molar-refractivity contribution >= 4 is 73.7 Å². The summed E-state index contributed by atoms with van der Waals surface area (Å²) >= 11 is 18.8. The Morgan fingerprint density at radius 1 is 1.03 bits per heavy atom. The Bertz CT molecular complexity index is 1250. The Morgan fingerprint density at radius 3 is 2.57 bits per heavy atom. The maximum absolute atomic E-state index is 12.4. The van der Waals surface area contributed by atoms with Gasteiger partial charge in [-0.25, -0.2) is 4.98 Å². The molecule has 0 aliphatic heterocycles. The van der Waals surface area contributed by atoms with E-state index in [1.54, 1.807) is 23.5 Å². The number of nitrogens with zero attached hydrogens (tertiary/aromatic N) is 1. The molecule has 0 unspecified atom stereocenters. The van der Waals surface area contributed by atoms with E-state index in [1.165, 1.54) is 6.07 Å². The fourth-order valence-electron chi connectivity index (χ4n) is 2.90. The van der Waals surface area contributed by atoms with Crippen LogP contribution in [0.15, 0.2) is 60.7 Å². The summed E-state index contributed by atoms with van der Waals surface area (Å²) in [5.74, 6) is -0.366. The van der Waals surface area contributed by atoms with Gasteiger partial charge >= 0.3 is 0 Å². The number of carbonyl (C=O) groups excluding carboxylic acids is 1. The van der Waals surface area contributed by atoms with Gasteiger partial charge in [0.1, 0.15) is 5.01 Å². The molecule has 30 heavy (non-hydrogen) atoms. The summed E-state index contributed by atoms with van der Waals surface area (Å²) in [6.07, 6.45) is 0. The van der Waals surface area contributed by atoms with Crippen LogP contribution in [0.25, 0.3) is 20.8 Å². The number of anilines is 1. The van der Waals surface area contributed by atoms with Crippen LogP contribution < -0.4 is 10.6 Å². The fraction of sp³-hybridized carbons (Fsp3) is 0.0455. The van der Waals surface area contributed by atoms with Gasteiger partial charge < -0.3 is 5.32 Å². The number of carbonyl (C=O) groups is 1. The number of hydrogen-bond donors (Lipinski definition) is 2. The summed E-state index contributed by atoms with van der Waals surface area (Å²) in [5, 5.41) is 7.57.